The number of carbonyl (C=O) groups excluding carboxylic acids is 4. The Kier molecular flexibility index (Phi) is 6.02. The minimum atomic E-state index is -0.962. The summed E-state index contributed by atoms with van der Waals surface area (Å²) in [4.78, 5) is 49.4. The second-order valence-corrected chi connectivity index (χ2v) is 6.73. The van der Waals surface area contributed by atoms with Gasteiger partial charge in [0.2, 0.25) is 0 Å². The van der Waals surface area contributed by atoms with Crippen LogP contribution in [0.3, 0.4) is 0 Å². The van der Waals surface area contributed by atoms with Gasteiger partial charge in [-0.15, -0.1) is 0 Å². The van der Waals surface area contributed by atoms with Crippen LogP contribution in [-0.2, 0) is 19.1 Å². The lowest BCUT2D eigenvalue weighted by Crippen LogP contribution is -2.46. The smallest absolute Gasteiger partial charge is 0.327 e. The van der Waals surface area contributed by atoms with Gasteiger partial charge in [-0.1, -0.05) is 26.7 Å². The number of amides is 4. The van der Waals surface area contributed by atoms with Crippen LogP contribution in [-0.4, -0.2) is 52.9 Å². The summed E-state index contributed by atoms with van der Waals surface area (Å²) < 4.78 is 5.09. The van der Waals surface area contributed by atoms with Gasteiger partial charge in [-0.2, -0.15) is 0 Å². The average molecular weight is 353 g/mol. The van der Waals surface area contributed by atoms with Crippen LogP contribution in [0.2, 0.25) is 0 Å². The molecule has 1 aliphatic heterocycles. The molecule has 0 bridgehead atoms. The van der Waals surface area contributed by atoms with Crippen LogP contribution in [0.4, 0.5) is 4.79 Å². The minimum Gasteiger partial charge on any atom is -0.451 e. The van der Waals surface area contributed by atoms with E-state index in [2.05, 4.69) is 10.6 Å². The molecule has 0 radical (unpaired) electrons. The fraction of sp³-hybridized carbons (Fsp3) is 0.765. The Morgan fingerprint density at radius 2 is 1.88 bits per heavy atom. The maximum atomic E-state index is 12.4. The summed E-state index contributed by atoms with van der Waals surface area (Å²) in [5.41, 5.74) is -0.956. The number of nitrogens with zero attached hydrogens (tertiary/aromatic N) is 1. The molecule has 1 atom stereocenters. The number of ether oxygens (including phenoxy) is 1. The van der Waals surface area contributed by atoms with Crippen molar-refractivity contribution >= 4 is 23.8 Å². The van der Waals surface area contributed by atoms with Crippen LogP contribution in [0.1, 0.15) is 59.3 Å². The van der Waals surface area contributed by atoms with Gasteiger partial charge in [0.15, 0.2) is 6.10 Å². The van der Waals surface area contributed by atoms with Crippen LogP contribution in [0.15, 0.2) is 0 Å². The number of urea groups is 1. The fourth-order valence-corrected chi connectivity index (χ4v) is 3.35. The predicted molar refractivity (Wildman–Crippen MR) is 89.5 cm³/mol. The summed E-state index contributed by atoms with van der Waals surface area (Å²) in [6, 6.07) is -0.469. The van der Waals surface area contributed by atoms with Crippen LogP contribution in [0.5, 0.6) is 0 Å². The van der Waals surface area contributed by atoms with E-state index in [1.807, 2.05) is 0 Å². The largest absolute Gasteiger partial charge is 0.451 e. The maximum Gasteiger partial charge on any atom is 0.327 e. The van der Waals surface area contributed by atoms with Gasteiger partial charge in [-0.05, 0) is 32.6 Å². The van der Waals surface area contributed by atoms with E-state index >= 15 is 0 Å². The Morgan fingerprint density at radius 1 is 1.28 bits per heavy atom. The van der Waals surface area contributed by atoms with Crippen molar-refractivity contribution in [2.45, 2.75) is 77.0 Å². The SMILES string of the molecule is CCC1(CC)NC(=O)N(CC(=O)OC(C)C(=O)NC2CCCC2)C1=O. The molecule has 2 N–H and O–H groups in total. The summed E-state index contributed by atoms with van der Waals surface area (Å²) >= 11 is 0. The molecule has 0 aromatic heterocycles. The number of esters is 1. The summed E-state index contributed by atoms with van der Waals surface area (Å²) in [6.07, 6.45) is 3.97. The van der Waals surface area contributed by atoms with E-state index in [1.165, 1.54) is 6.92 Å². The molecule has 140 valence electrons. The molecule has 1 saturated heterocycles. The number of hydrogen-bond acceptors (Lipinski definition) is 5. The third-order valence-electron chi connectivity index (χ3n) is 5.12. The van der Waals surface area contributed by atoms with Crippen LogP contribution in [0.25, 0.3) is 0 Å². The number of hydrogen-bond donors (Lipinski definition) is 2. The van der Waals surface area contributed by atoms with Gasteiger partial charge >= 0.3 is 12.0 Å². The van der Waals surface area contributed by atoms with Gasteiger partial charge < -0.3 is 15.4 Å². The normalized spacial score (nSPS) is 21.2. The third kappa shape index (κ3) is 4.11. The highest BCUT2D eigenvalue weighted by atomic mass is 16.5. The van der Waals surface area contributed by atoms with Crippen LogP contribution >= 0.6 is 0 Å². The molecular formula is C17H27N3O5. The summed E-state index contributed by atoms with van der Waals surface area (Å²) in [7, 11) is 0. The predicted octanol–water partition coefficient (Wildman–Crippen LogP) is 1.09. The lowest BCUT2D eigenvalue weighted by molar-refractivity contribution is -0.156. The van der Waals surface area contributed by atoms with E-state index in [0.29, 0.717) is 12.8 Å². The highest BCUT2D eigenvalue weighted by Gasteiger charge is 2.49. The first-order chi connectivity index (χ1) is 11.8. The van der Waals surface area contributed by atoms with Gasteiger partial charge in [0.05, 0.1) is 0 Å². The van der Waals surface area contributed by atoms with Crippen molar-refractivity contribution in [3.63, 3.8) is 0 Å². The minimum absolute atomic E-state index is 0.134. The van der Waals surface area contributed by atoms with E-state index in [9.17, 15) is 19.2 Å². The molecule has 4 amide bonds. The maximum absolute atomic E-state index is 12.4. The van der Waals surface area contributed by atoms with Crippen LogP contribution < -0.4 is 10.6 Å². The first-order valence-electron chi connectivity index (χ1n) is 8.97. The van der Waals surface area contributed by atoms with Gasteiger partial charge in [0, 0.05) is 6.04 Å². The molecular weight excluding hydrogens is 326 g/mol. The first kappa shape index (κ1) is 19.2. The Bertz CT molecular complexity index is 552. The van der Waals surface area contributed by atoms with Crippen molar-refractivity contribution in [3.8, 4) is 0 Å². The second kappa shape index (κ2) is 7.84. The van der Waals surface area contributed by atoms with Crippen molar-refractivity contribution in [2.24, 2.45) is 0 Å². The van der Waals surface area contributed by atoms with Gasteiger partial charge in [-0.3, -0.25) is 19.3 Å². The van der Waals surface area contributed by atoms with E-state index in [4.69, 9.17) is 4.74 Å². The van der Waals surface area contributed by atoms with Crippen molar-refractivity contribution in [1.82, 2.24) is 15.5 Å². The van der Waals surface area contributed by atoms with E-state index in [1.54, 1.807) is 13.8 Å². The molecule has 8 heteroatoms. The van der Waals surface area contributed by atoms with Gasteiger partial charge in [0.25, 0.3) is 11.8 Å². The molecule has 25 heavy (non-hydrogen) atoms. The van der Waals surface area contributed by atoms with E-state index < -0.39 is 36.1 Å². The molecule has 1 heterocycles. The Morgan fingerprint density at radius 3 is 2.40 bits per heavy atom. The fourth-order valence-electron chi connectivity index (χ4n) is 3.35. The molecule has 0 spiro atoms. The molecule has 1 unspecified atom stereocenters. The Hall–Kier alpha value is -2.12. The Balaban J connectivity index is 1.87. The Labute approximate surface area is 147 Å². The molecule has 8 nitrogen and oxygen atoms in total. The van der Waals surface area contributed by atoms with E-state index in [0.717, 1.165) is 30.6 Å². The number of carbonyl (C=O) groups is 4. The highest BCUT2D eigenvalue weighted by Crippen LogP contribution is 2.24. The zero-order chi connectivity index (χ0) is 18.6. The second-order valence-electron chi connectivity index (χ2n) is 6.73. The zero-order valence-electron chi connectivity index (χ0n) is 15.1. The topological polar surface area (TPSA) is 105 Å². The van der Waals surface area contributed by atoms with Crippen molar-refractivity contribution in [1.29, 1.82) is 0 Å². The average Bonchev–Trinajstić information content (AvgIpc) is 3.16. The lowest BCUT2D eigenvalue weighted by Gasteiger charge is -2.23. The quantitative estimate of drug-likeness (QED) is 0.526. The molecule has 1 aliphatic carbocycles. The van der Waals surface area contributed by atoms with Crippen molar-refractivity contribution in [3.05, 3.63) is 0 Å². The van der Waals surface area contributed by atoms with Crippen molar-refractivity contribution < 1.29 is 23.9 Å². The summed E-state index contributed by atoms with van der Waals surface area (Å²) in [5.74, 6) is -1.56. The third-order valence-corrected chi connectivity index (χ3v) is 5.12. The van der Waals surface area contributed by atoms with Crippen LogP contribution in [0, 0.1) is 0 Å². The molecule has 1 saturated carbocycles. The monoisotopic (exact) mass is 353 g/mol. The zero-order valence-corrected chi connectivity index (χ0v) is 15.1. The number of imide groups is 1. The van der Waals surface area contributed by atoms with Crippen molar-refractivity contribution in [2.75, 3.05) is 6.54 Å². The summed E-state index contributed by atoms with van der Waals surface area (Å²) in [5, 5.41) is 5.50. The lowest BCUT2D eigenvalue weighted by atomic mass is 9.93. The van der Waals surface area contributed by atoms with E-state index in [-0.39, 0.29) is 11.9 Å². The molecule has 2 aliphatic rings. The number of rotatable bonds is 7. The first-order valence-corrected chi connectivity index (χ1v) is 8.97. The van der Waals surface area contributed by atoms with Gasteiger partial charge in [0.1, 0.15) is 12.1 Å². The van der Waals surface area contributed by atoms with Gasteiger partial charge in [-0.25, -0.2) is 4.79 Å². The molecule has 0 aromatic carbocycles. The molecule has 2 fully saturated rings. The highest BCUT2D eigenvalue weighted by molar-refractivity contribution is 6.08. The molecule has 2 rings (SSSR count). The standard InChI is InChI=1S/C17H27N3O5/c1-4-17(5-2)15(23)20(16(24)19-17)10-13(21)25-11(3)14(22)18-12-8-6-7-9-12/h11-12H,4-10H2,1-3H3,(H,18,22)(H,19,24). The number of nitrogens with one attached hydrogen (secondary N) is 2. The summed E-state index contributed by atoms with van der Waals surface area (Å²) in [6.45, 7) is 4.60. The molecule has 0 aromatic rings.